The van der Waals surface area contributed by atoms with Crippen LogP contribution in [0.15, 0.2) is 83.9 Å². The van der Waals surface area contributed by atoms with Crippen molar-refractivity contribution in [3.63, 3.8) is 0 Å². The van der Waals surface area contributed by atoms with E-state index in [0.29, 0.717) is 54.4 Å². The number of para-hydroxylation sites is 1. The third-order valence-corrected chi connectivity index (χ3v) is 8.53. The molecule has 1 aliphatic heterocycles. The minimum Gasteiger partial charge on any atom is -0.508 e. The summed E-state index contributed by atoms with van der Waals surface area (Å²) in [4.78, 5) is 21.5. The normalized spacial score (nSPS) is 14.7. The smallest absolute Gasteiger partial charge is 0.253 e. The van der Waals surface area contributed by atoms with Crippen molar-refractivity contribution in [1.82, 2.24) is 14.8 Å². The molecule has 0 radical (unpaired) electrons. The van der Waals surface area contributed by atoms with Crippen LogP contribution >= 0.6 is 11.6 Å². The number of halogens is 1. The summed E-state index contributed by atoms with van der Waals surface area (Å²) in [5, 5.41) is 11.4. The van der Waals surface area contributed by atoms with Gasteiger partial charge in [0, 0.05) is 60.5 Å². The lowest BCUT2D eigenvalue weighted by molar-refractivity contribution is 0.0627. The Morgan fingerprint density at radius 1 is 0.946 bits per heavy atom. The fourth-order valence-electron chi connectivity index (χ4n) is 4.58. The number of aromatic hydroxyl groups is 1. The van der Waals surface area contributed by atoms with Crippen molar-refractivity contribution < 1.29 is 18.3 Å². The highest BCUT2D eigenvalue weighted by Gasteiger charge is 2.24. The van der Waals surface area contributed by atoms with Crippen molar-refractivity contribution in [1.29, 1.82) is 0 Å². The quantitative estimate of drug-likeness (QED) is 0.390. The Labute approximate surface area is 220 Å². The van der Waals surface area contributed by atoms with Gasteiger partial charge in [0.2, 0.25) is 0 Å². The molecule has 9 heteroatoms. The van der Waals surface area contributed by atoms with Gasteiger partial charge in [-0.05, 0) is 48.0 Å². The number of sulfone groups is 1. The lowest BCUT2D eigenvalue weighted by Gasteiger charge is -2.35. The van der Waals surface area contributed by atoms with E-state index in [4.69, 9.17) is 11.6 Å². The summed E-state index contributed by atoms with van der Waals surface area (Å²) in [6, 6.07) is 20.5. The number of rotatable bonds is 6. The molecular formula is C28H26ClN3O4S. The number of piperazine rings is 1. The second-order valence-electron chi connectivity index (χ2n) is 9.13. The van der Waals surface area contributed by atoms with Crippen LogP contribution in [0.1, 0.15) is 21.5 Å². The number of pyridine rings is 1. The van der Waals surface area contributed by atoms with Crippen LogP contribution < -0.4 is 0 Å². The summed E-state index contributed by atoms with van der Waals surface area (Å²) in [5.41, 5.74) is 2.35. The zero-order chi connectivity index (χ0) is 26.0. The molecule has 190 valence electrons. The number of amides is 1. The molecule has 1 fully saturated rings. The number of phenols is 1. The fourth-order valence-corrected chi connectivity index (χ4v) is 6.31. The van der Waals surface area contributed by atoms with Crippen molar-refractivity contribution in [2.45, 2.75) is 17.2 Å². The predicted octanol–water partition coefficient (Wildman–Crippen LogP) is 4.53. The first-order valence-electron chi connectivity index (χ1n) is 11.9. The van der Waals surface area contributed by atoms with E-state index in [1.54, 1.807) is 71.8 Å². The first-order valence-corrected chi connectivity index (χ1v) is 14.0. The van der Waals surface area contributed by atoms with Gasteiger partial charge in [-0.2, -0.15) is 0 Å². The molecule has 0 atom stereocenters. The molecule has 7 nitrogen and oxygen atoms in total. The Morgan fingerprint density at radius 2 is 1.68 bits per heavy atom. The van der Waals surface area contributed by atoms with Crippen molar-refractivity contribution in [3.05, 3.63) is 101 Å². The fraction of sp³-hybridized carbons (Fsp3) is 0.214. The summed E-state index contributed by atoms with van der Waals surface area (Å²) >= 11 is 6.05. The van der Waals surface area contributed by atoms with Crippen LogP contribution in [0.25, 0.3) is 10.9 Å². The van der Waals surface area contributed by atoms with Gasteiger partial charge >= 0.3 is 0 Å². The van der Waals surface area contributed by atoms with E-state index < -0.39 is 9.84 Å². The van der Waals surface area contributed by atoms with Gasteiger partial charge in [0.1, 0.15) is 5.75 Å². The van der Waals surface area contributed by atoms with Gasteiger partial charge in [-0.15, -0.1) is 0 Å². The maximum atomic E-state index is 13.1. The summed E-state index contributed by atoms with van der Waals surface area (Å²) in [5.74, 6) is -0.0498. The molecule has 0 aliphatic carbocycles. The van der Waals surface area contributed by atoms with E-state index in [2.05, 4.69) is 9.88 Å². The van der Waals surface area contributed by atoms with Crippen LogP contribution in [0.2, 0.25) is 5.02 Å². The third-order valence-electron chi connectivity index (χ3n) is 6.58. The maximum Gasteiger partial charge on any atom is 0.253 e. The van der Waals surface area contributed by atoms with Crippen LogP contribution in [-0.2, 0) is 22.1 Å². The molecule has 5 rings (SSSR count). The summed E-state index contributed by atoms with van der Waals surface area (Å²) in [6.45, 7) is 3.03. The molecule has 1 aromatic heterocycles. The number of hydrogen-bond donors (Lipinski definition) is 1. The third kappa shape index (κ3) is 5.61. The average Bonchev–Trinajstić information content (AvgIpc) is 2.91. The van der Waals surface area contributed by atoms with E-state index >= 15 is 0 Å². The average molecular weight is 536 g/mol. The standard InChI is InChI=1S/C28H26ClN3O4S/c29-24-10-11-25(33)23(17-24)18-31-13-15-32(16-14-31)28(34)22-8-6-20(7-9-22)19-37(35,36)26-5-1-3-21-4-2-12-30-27(21)26/h1-12,17,33H,13-16,18-19H2. The number of carbonyl (C=O) groups excluding carboxylic acids is 1. The number of carbonyl (C=O) groups is 1. The van der Waals surface area contributed by atoms with Crippen LogP contribution in [0.3, 0.4) is 0 Å². The van der Waals surface area contributed by atoms with E-state index in [0.717, 1.165) is 10.9 Å². The minimum absolute atomic E-state index is 0.0853. The number of fused-ring (bicyclic) bond motifs is 1. The van der Waals surface area contributed by atoms with E-state index in [1.165, 1.54) is 0 Å². The predicted molar refractivity (Wildman–Crippen MR) is 143 cm³/mol. The van der Waals surface area contributed by atoms with Gasteiger partial charge in [0.15, 0.2) is 9.84 Å². The summed E-state index contributed by atoms with van der Waals surface area (Å²) in [7, 11) is -3.62. The lowest BCUT2D eigenvalue weighted by Crippen LogP contribution is -2.48. The van der Waals surface area contributed by atoms with Gasteiger partial charge in [0.05, 0.1) is 16.2 Å². The molecule has 0 unspecified atom stereocenters. The molecule has 1 N–H and O–H groups in total. The number of hydrogen-bond acceptors (Lipinski definition) is 6. The van der Waals surface area contributed by atoms with Gasteiger partial charge in [-0.3, -0.25) is 14.7 Å². The maximum absolute atomic E-state index is 13.1. The van der Waals surface area contributed by atoms with Crippen LogP contribution in [0, 0.1) is 0 Å². The first kappa shape index (κ1) is 25.2. The molecule has 1 saturated heterocycles. The van der Waals surface area contributed by atoms with Crippen molar-refractivity contribution in [3.8, 4) is 5.75 Å². The Balaban J connectivity index is 1.21. The lowest BCUT2D eigenvalue weighted by atomic mass is 10.1. The monoisotopic (exact) mass is 535 g/mol. The van der Waals surface area contributed by atoms with Crippen molar-refractivity contribution in [2.75, 3.05) is 26.2 Å². The SMILES string of the molecule is O=C(c1ccc(CS(=O)(=O)c2cccc3cccnc23)cc1)N1CCN(Cc2cc(Cl)ccc2O)CC1. The van der Waals surface area contributed by atoms with Crippen LogP contribution in [-0.4, -0.2) is 60.4 Å². The van der Waals surface area contributed by atoms with Gasteiger partial charge in [0.25, 0.3) is 5.91 Å². The highest BCUT2D eigenvalue weighted by atomic mass is 35.5. The molecule has 3 aromatic carbocycles. The number of aromatic nitrogens is 1. The molecule has 1 aliphatic rings. The summed E-state index contributed by atoms with van der Waals surface area (Å²) in [6.07, 6.45) is 1.59. The Kier molecular flexibility index (Phi) is 7.15. The highest BCUT2D eigenvalue weighted by Crippen LogP contribution is 2.25. The molecular weight excluding hydrogens is 510 g/mol. The zero-order valence-corrected chi connectivity index (χ0v) is 21.6. The number of benzene rings is 3. The second-order valence-corrected chi connectivity index (χ2v) is 11.5. The highest BCUT2D eigenvalue weighted by molar-refractivity contribution is 7.90. The van der Waals surface area contributed by atoms with Crippen molar-refractivity contribution in [2.24, 2.45) is 0 Å². The molecule has 2 heterocycles. The Bertz CT molecular complexity index is 1540. The van der Waals surface area contributed by atoms with E-state index in [1.807, 2.05) is 12.1 Å². The molecule has 0 bridgehead atoms. The number of phenolic OH excluding ortho intramolecular Hbond substituents is 1. The topological polar surface area (TPSA) is 90.8 Å². The first-order chi connectivity index (χ1) is 17.8. The second kappa shape index (κ2) is 10.5. The Morgan fingerprint density at radius 3 is 2.43 bits per heavy atom. The summed E-state index contributed by atoms with van der Waals surface area (Å²) < 4.78 is 26.3. The molecule has 1 amide bonds. The largest absolute Gasteiger partial charge is 0.508 e. The molecule has 4 aromatic rings. The molecule has 0 spiro atoms. The van der Waals surface area contributed by atoms with Crippen LogP contribution in [0.4, 0.5) is 0 Å². The zero-order valence-electron chi connectivity index (χ0n) is 20.0. The van der Waals surface area contributed by atoms with Crippen molar-refractivity contribution >= 4 is 38.2 Å². The number of nitrogens with zero attached hydrogens (tertiary/aromatic N) is 3. The molecule has 37 heavy (non-hydrogen) atoms. The van der Waals surface area contributed by atoms with Gasteiger partial charge < -0.3 is 10.0 Å². The minimum atomic E-state index is -3.62. The van der Waals surface area contributed by atoms with Gasteiger partial charge in [-0.25, -0.2) is 8.42 Å². The van der Waals surface area contributed by atoms with Crippen LogP contribution in [0.5, 0.6) is 5.75 Å². The van der Waals surface area contributed by atoms with Gasteiger partial charge in [-0.1, -0.05) is 41.9 Å². The van der Waals surface area contributed by atoms with E-state index in [-0.39, 0.29) is 22.3 Å². The molecule has 0 saturated carbocycles. The van der Waals surface area contributed by atoms with E-state index in [9.17, 15) is 18.3 Å². The Hall–Kier alpha value is -3.46.